The fourth-order valence-corrected chi connectivity index (χ4v) is 3.96. The van der Waals surface area contributed by atoms with Crippen LogP contribution in [0.3, 0.4) is 0 Å². The molecular formula is C22H23N3O3S. The monoisotopic (exact) mass is 409 g/mol. The van der Waals surface area contributed by atoms with Crippen molar-refractivity contribution in [3.05, 3.63) is 89.5 Å². The van der Waals surface area contributed by atoms with Crippen molar-refractivity contribution < 1.29 is 13.2 Å². The highest BCUT2D eigenvalue weighted by atomic mass is 32.2. The largest absolute Gasteiger partial charge is 0.493 e. The maximum Gasteiger partial charge on any atom is 0.261 e. The van der Waals surface area contributed by atoms with Crippen LogP contribution in [0.1, 0.15) is 16.7 Å². The number of sulfonamides is 1. The third kappa shape index (κ3) is 5.36. The molecule has 0 aromatic heterocycles. The van der Waals surface area contributed by atoms with Crippen LogP contribution in [0.5, 0.6) is 5.75 Å². The van der Waals surface area contributed by atoms with Crippen molar-refractivity contribution in [2.24, 2.45) is 10.9 Å². The summed E-state index contributed by atoms with van der Waals surface area (Å²) in [5, 5.41) is 3.50. The Morgan fingerprint density at radius 1 is 1.00 bits per heavy atom. The highest BCUT2D eigenvalue weighted by molar-refractivity contribution is 7.92. The molecule has 0 atom stereocenters. The van der Waals surface area contributed by atoms with Gasteiger partial charge in [0.25, 0.3) is 10.0 Å². The number of anilines is 1. The molecule has 3 aromatic carbocycles. The lowest BCUT2D eigenvalue weighted by atomic mass is 10.1. The van der Waals surface area contributed by atoms with Crippen LogP contribution in [0, 0.1) is 6.92 Å². The minimum atomic E-state index is -3.65. The van der Waals surface area contributed by atoms with Crippen LogP contribution in [-0.2, 0) is 16.4 Å². The summed E-state index contributed by atoms with van der Waals surface area (Å²) in [6.45, 7) is 2.30. The van der Waals surface area contributed by atoms with E-state index >= 15 is 0 Å². The van der Waals surface area contributed by atoms with Crippen molar-refractivity contribution in [2.45, 2.75) is 18.2 Å². The van der Waals surface area contributed by atoms with Gasteiger partial charge in [-0.05, 0) is 42.3 Å². The van der Waals surface area contributed by atoms with Gasteiger partial charge in [-0.25, -0.2) is 8.42 Å². The Morgan fingerprint density at radius 2 is 1.72 bits per heavy atom. The molecular weight excluding hydrogens is 386 g/mol. The lowest BCUT2D eigenvalue weighted by molar-refractivity contribution is 0.320. The van der Waals surface area contributed by atoms with E-state index in [1.165, 1.54) is 0 Å². The van der Waals surface area contributed by atoms with Crippen molar-refractivity contribution >= 4 is 21.9 Å². The molecule has 0 bridgehead atoms. The number of ether oxygens (including phenoxy) is 1. The zero-order chi connectivity index (χ0) is 20.7. The molecule has 0 saturated carbocycles. The van der Waals surface area contributed by atoms with E-state index in [0.29, 0.717) is 18.0 Å². The van der Waals surface area contributed by atoms with E-state index in [9.17, 15) is 8.42 Å². The second kappa shape index (κ2) is 9.25. The van der Waals surface area contributed by atoms with Gasteiger partial charge in [0.2, 0.25) is 0 Å². The molecule has 0 amide bonds. The van der Waals surface area contributed by atoms with Crippen molar-refractivity contribution in [3.63, 3.8) is 0 Å². The van der Waals surface area contributed by atoms with Gasteiger partial charge in [0, 0.05) is 12.0 Å². The van der Waals surface area contributed by atoms with Gasteiger partial charge in [-0.1, -0.05) is 48.5 Å². The molecule has 0 aliphatic heterocycles. The topological polar surface area (TPSA) is 93.8 Å². The van der Waals surface area contributed by atoms with Gasteiger partial charge in [0.05, 0.1) is 23.4 Å². The van der Waals surface area contributed by atoms with Crippen LogP contribution in [0.4, 0.5) is 5.69 Å². The van der Waals surface area contributed by atoms with Crippen LogP contribution in [0.15, 0.2) is 82.8 Å². The Hall–Kier alpha value is -3.32. The van der Waals surface area contributed by atoms with E-state index in [1.807, 2.05) is 37.3 Å². The summed E-state index contributed by atoms with van der Waals surface area (Å²) in [6, 6.07) is 21.5. The molecule has 150 valence electrons. The summed E-state index contributed by atoms with van der Waals surface area (Å²) in [6.07, 6.45) is 2.31. The molecule has 29 heavy (non-hydrogen) atoms. The molecule has 3 aromatic rings. The average molecular weight is 410 g/mol. The lowest BCUT2D eigenvalue weighted by Gasteiger charge is -2.14. The van der Waals surface area contributed by atoms with Gasteiger partial charge in [0.1, 0.15) is 5.75 Å². The first-order valence-corrected chi connectivity index (χ1v) is 10.6. The number of rotatable bonds is 8. The number of hydrogen-bond donors (Lipinski definition) is 2. The van der Waals surface area contributed by atoms with Crippen LogP contribution in [-0.4, -0.2) is 21.2 Å². The SMILES string of the molecule is Cc1c(NS(=O)(=O)c2ccccc2)cccc1OCCc1ccc(/C=N\N)cc1. The van der Waals surface area contributed by atoms with E-state index < -0.39 is 10.0 Å². The van der Waals surface area contributed by atoms with Gasteiger partial charge in [-0.15, -0.1) is 0 Å². The van der Waals surface area contributed by atoms with E-state index in [4.69, 9.17) is 10.6 Å². The van der Waals surface area contributed by atoms with Gasteiger partial charge in [-0.3, -0.25) is 4.72 Å². The summed E-state index contributed by atoms with van der Waals surface area (Å²) in [5.74, 6) is 5.79. The summed E-state index contributed by atoms with van der Waals surface area (Å²) < 4.78 is 33.7. The normalized spacial score (nSPS) is 11.5. The molecule has 0 radical (unpaired) electrons. The first kappa shape index (κ1) is 20.4. The van der Waals surface area contributed by atoms with Gasteiger partial charge >= 0.3 is 0 Å². The zero-order valence-electron chi connectivity index (χ0n) is 16.1. The smallest absolute Gasteiger partial charge is 0.261 e. The number of hydrazone groups is 1. The lowest BCUT2D eigenvalue weighted by Crippen LogP contribution is -2.14. The molecule has 0 spiro atoms. The summed E-state index contributed by atoms with van der Waals surface area (Å²) in [7, 11) is -3.65. The van der Waals surface area contributed by atoms with E-state index in [2.05, 4.69) is 9.82 Å². The zero-order valence-corrected chi connectivity index (χ0v) is 16.9. The Balaban J connectivity index is 1.66. The number of nitrogens with one attached hydrogen (secondary N) is 1. The van der Waals surface area contributed by atoms with E-state index in [-0.39, 0.29) is 4.90 Å². The predicted molar refractivity (Wildman–Crippen MR) is 116 cm³/mol. The number of hydrogen-bond acceptors (Lipinski definition) is 5. The molecule has 6 nitrogen and oxygen atoms in total. The molecule has 3 N–H and O–H groups in total. The number of benzene rings is 3. The van der Waals surface area contributed by atoms with E-state index in [1.54, 1.807) is 48.7 Å². The van der Waals surface area contributed by atoms with Crippen molar-refractivity contribution in [2.75, 3.05) is 11.3 Å². The van der Waals surface area contributed by atoms with Crippen molar-refractivity contribution in [1.29, 1.82) is 0 Å². The number of nitrogens with two attached hydrogens (primary N) is 1. The fourth-order valence-electron chi connectivity index (χ4n) is 2.82. The molecule has 0 aliphatic carbocycles. The minimum Gasteiger partial charge on any atom is -0.493 e. The van der Waals surface area contributed by atoms with Gasteiger partial charge < -0.3 is 10.6 Å². The molecule has 0 saturated heterocycles. The van der Waals surface area contributed by atoms with Crippen LogP contribution >= 0.6 is 0 Å². The fraction of sp³-hybridized carbons (Fsp3) is 0.136. The molecule has 0 heterocycles. The van der Waals surface area contributed by atoms with Gasteiger partial charge in [0.15, 0.2) is 0 Å². The summed E-state index contributed by atoms with van der Waals surface area (Å²) in [5.41, 5.74) is 3.29. The van der Waals surface area contributed by atoms with Crippen LogP contribution in [0.2, 0.25) is 0 Å². The molecule has 0 unspecified atom stereocenters. The van der Waals surface area contributed by atoms with Crippen LogP contribution in [0.25, 0.3) is 0 Å². The molecule has 3 rings (SSSR count). The van der Waals surface area contributed by atoms with Crippen LogP contribution < -0.4 is 15.3 Å². The predicted octanol–water partition coefficient (Wildman–Crippen LogP) is 3.71. The standard InChI is InChI=1S/C22H23N3O3S/c1-17-21(25-29(26,27)20-6-3-2-4-7-20)8-5-9-22(17)28-15-14-18-10-12-19(13-11-18)16-24-23/h2-13,16,25H,14-15,23H2,1H3/b24-16-. The Morgan fingerprint density at radius 3 is 2.41 bits per heavy atom. The Bertz CT molecular complexity index is 1080. The Labute approximate surface area is 171 Å². The average Bonchev–Trinajstić information content (AvgIpc) is 2.73. The van der Waals surface area contributed by atoms with Gasteiger partial charge in [-0.2, -0.15) is 5.10 Å². The van der Waals surface area contributed by atoms with Crippen molar-refractivity contribution in [1.82, 2.24) is 0 Å². The van der Waals surface area contributed by atoms with Crippen molar-refractivity contribution in [3.8, 4) is 5.75 Å². The molecule has 0 fully saturated rings. The third-order valence-electron chi connectivity index (χ3n) is 4.43. The summed E-state index contributed by atoms with van der Waals surface area (Å²) in [4.78, 5) is 0.217. The summed E-state index contributed by atoms with van der Waals surface area (Å²) >= 11 is 0. The quantitative estimate of drug-likeness (QED) is 0.337. The highest BCUT2D eigenvalue weighted by Gasteiger charge is 2.16. The molecule has 7 heteroatoms. The Kier molecular flexibility index (Phi) is 6.51. The second-order valence-corrected chi connectivity index (χ2v) is 8.15. The van der Waals surface area contributed by atoms with E-state index in [0.717, 1.165) is 23.1 Å². The molecule has 0 aliphatic rings. The maximum absolute atomic E-state index is 12.6. The maximum atomic E-state index is 12.6. The second-order valence-electron chi connectivity index (χ2n) is 6.47. The highest BCUT2D eigenvalue weighted by Crippen LogP contribution is 2.27. The number of nitrogens with zero attached hydrogens (tertiary/aromatic N) is 1. The third-order valence-corrected chi connectivity index (χ3v) is 5.81. The minimum absolute atomic E-state index is 0.217. The first-order chi connectivity index (χ1) is 14.0. The first-order valence-electron chi connectivity index (χ1n) is 9.12.